The molecule has 0 aromatic heterocycles. The zero-order valence-corrected chi connectivity index (χ0v) is 21.5. The number of hydrogen-bond donors (Lipinski definition) is 0. The van der Waals surface area contributed by atoms with Crippen molar-refractivity contribution in [3.63, 3.8) is 0 Å². The number of hydrogen-bond acceptors (Lipinski definition) is 3. The van der Waals surface area contributed by atoms with Crippen LogP contribution in [0.25, 0.3) is 4.85 Å². The molecule has 0 radical (unpaired) electrons. The number of sulfone groups is 1. The van der Waals surface area contributed by atoms with Gasteiger partial charge in [0.05, 0.1) is 11.5 Å². The van der Waals surface area contributed by atoms with Crippen LogP contribution in [0.3, 0.4) is 0 Å². The fourth-order valence-electron chi connectivity index (χ4n) is 7.36. The second-order valence-corrected chi connectivity index (χ2v) is 13.2. The molecule has 0 saturated heterocycles. The van der Waals surface area contributed by atoms with Gasteiger partial charge in [-0.2, -0.15) is 0 Å². The molecule has 0 unspecified atom stereocenters. The quantitative estimate of drug-likeness (QED) is 0.425. The highest BCUT2D eigenvalue weighted by Crippen LogP contribution is 2.66. The van der Waals surface area contributed by atoms with Gasteiger partial charge in [-0.15, -0.1) is 0 Å². The Kier molecular flexibility index (Phi) is 5.50. The summed E-state index contributed by atoms with van der Waals surface area (Å²) < 4.78 is 27.1. The molecule has 5 atom stereocenters. The molecule has 0 heterocycles. The van der Waals surface area contributed by atoms with Crippen molar-refractivity contribution in [3.8, 4) is 0 Å². The summed E-state index contributed by atoms with van der Waals surface area (Å²) >= 11 is 6.78. The van der Waals surface area contributed by atoms with Crippen molar-refractivity contribution in [2.45, 2.75) is 64.2 Å². The molecule has 0 N–H and O–H groups in total. The Labute approximate surface area is 207 Å². The highest BCUT2D eigenvalue weighted by molar-refractivity contribution is 7.95. The first kappa shape index (κ1) is 23.6. The Bertz CT molecular complexity index is 1310. The molecule has 0 aliphatic heterocycles. The van der Waals surface area contributed by atoms with Crippen LogP contribution in [0.15, 0.2) is 62.5 Å². The summed E-state index contributed by atoms with van der Waals surface area (Å²) in [6.07, 6.45) is 8.49. The van der Waals surface area contributed by atoms with Crippen LogP contribution >= 0.6 is 11.6 Å². The van der Waals surface area contributed by atoms with Crippen molar-refractivity contribution >= 4 is 27.2 Å². The van der Waals surface area contributed by atoms with Crippen LogP contribution in [0.1, 0.15) is 57.9 Å². The van der Waals surface area contributed by atoms with Gasteiger partial charge in [-0.25, -0.2) is 13.3 Å². The summed E-state index contributed by atoms with van der Waals surface area (Å²) in [7, 11) is -3.88. The van der Waals surface area contributed by atoms with Crippen LogP contribution in [0.4, 0.5) is 0 Å². The molecule has 2 saturated carbocycles. The Balaban J connectivity index is 1.59. The highest BCUT2D eigenvalue weighted by Gasteiger charge is 2.58. The molecule has 4 aliphatic rings. The lowest BCUT2D eigenvalue weighted by molar-refractivity contribution is -0.116. The molecule has 1 aromatic carbocycles. The van der Waals surface area contributed by atoms with Gasteiger partial charge in [0.2, 0.25) is 9.84 Å². The summed E-state index contributed by atoms with van der Waals surface area (Å²) in [5.74, 6) is 0.966. The van der Waals surface area contributed by atoms with Crippen LogP contribution in [0.2, 0.25) is 0 Å². The van der Waals surface area contributed by atoms with E-state index in [9.17, 15) is 13.2 Å². The van der Waals surface area contributed by atoms with E-state index in [4.69, 9.17) is 18.2 Å². The van der Waals surface area contributed by atoms with Gasteiger partial charge in [0, 0.05) is 11.5 Å². The first-order chi connectivity index (χ1) is 16.0. The highest BCUT2D eigenvalue weighted by atomic mass is 35.5. The van der Waals surface area contributed by atoms with Crippen LogP contribution < -0.4 is 0 Å². The van der Waals surface area contributed by atoms with Gasteiger partial charge in [0.15, 0.2) is 5.78 Å². The third-order valence-corrected chi connectivity index (χ3v) is 11.4. The van der Waals surface area contributed by atoms with Gasteiger partial charge in [-0.3, -0.25) is 4.79 Å². The summed E-state index contributed by atoms with van der Waals surface area (Å²) in [6, 6.07) is 6.76. The number of nitrogens with zero attached hydrogens (tertiary/aromatic N) is 1. The Morgan fingerprint density at radius 1 is 1.06 bits per heavy atom. The molecule has 4 nitrogen and oxygen atoms in total. The zero-order chi connectivity index (χ0) is 24.5. The van der Waals surface area contributed by atoms with Crippen LogP contribution in [-0.4, -0.2) is 14.2 Å². The summed E-state index contributed by atoms with van der Waals surface area (Å²) in [4.78, 5) is 16.0. The van der Waals surface area contributed by atoms with Gasteiger partial charge >= 0.3 is 0 Å². The predicted octanol–water partition coefficient (Wildman–Crippen LogP) is 6.77. The minimum absolute atomic E-state index is 0.0826. The van der Waals surface area contributed by atoms with E-state index in [-0.39, 0.29) is 38.4 Å². The SMILES string of the molecule is [C-]#[N+]C(=C1CC[C@H]2[C@@H]3C=C(Cl)C4=CC(=O)CC[C@]4(C)[C@H]3CC[C@]12C)S(=O)(=O)c1ccc(C)cc1. The fraction of sp³-hybridized carbons (Fsp3) is 0.500. The smallest absolute Gasteiger partial charge is 0.282 e. The van der Waals surface area contributed by atoms with Crippen molar-refractivity contribution in [1.82, 2.24) is 0 Å². The predicted molar refractivity (Wildman–Crippen MR) is 133 cm³/mol. The Morgan fingerprint density at radius 2 is 1.74 bits per heavy atom. The first-order valence-electron chi connectivity index (χ1n) is 12.1. The van der Waals surface area contributed by atoms with Gasteiger partial charge in [-0.1, -0.05) is 49.2 Å². The van der Waals surface area contributed by atoms with E-state index in [1.54, 1.807) is 30.3 Å². The lowest BCUT2D eigenvalue weighted by Gasteiger charge is -2.56. The number of carbonyl (C=O) groups excluding carboxylic acids is 1. The molecule has 1 aromatic rings. The van der Waals surface area contributed by atoms with E-state index in [1.165, 1.54) is 0 Å². The number of fused-ring (bicyclic) bond motifs is 5. The van der Waals surface area contributed by atoms with Crippen molar-refractivity contribution in [3.05, 3.63) is 74.6 Å². The average Bonchev–Trinajstić information content (AvgIpc) is 3.13. The van der Waals surface area contributed by atoms with Gasteiger partial charge < -0.3 is 0 Å². The fourth-order valence-corrected chi connectivity index (χ4v) is 9.27. The second kappa shape index (κ2) is 7.93. The third-order valence-electron chi connectivity index (χ3n) is 9.29. The minimum Gasteiger partial charge on any atom is -0.295 e. The molecule has 4 aliphatic carbocycles. The number of rotatable bonds is 2. The van der Waals surface area contributed by atoms with E-state index >= 15 is 0 Å². The van der Waals surface area contributed by atoms with E-state index < -0.39 is 9.84 Å². The number of benzene rings is 1. The molecule has 5 rings (SSSR count). The monoisotopic (exact) mass is 495 g/mol. The van der Waals surface area contributed by atoms with E-state index in [0.717, 1.165) is 42.4 Å². The molecule has 0 spiro atoms. The third kappa shape index (κ3) is 3.29. The lowest BCUT2D eigenvalue weighted by atomic mass is 9.49. The second-order valence-electron chi connectivity index (χ2n) is 11.0. The number of halogens is 1. The van der Waals surface area contributed by atoms with Gasteiger partial charge in [0.1, 0.15) is 0 Å². The molecular formula is C28H30ClNO3S. The Hall–Kier alpha value is -2.16. The molecule has 2 fully saturated rings. The van der Waals surface area contributed by atoms with Gasteiger partial charge in [0.25, 0.3) is 5.03 Å². The molecule has 0 bridgehead atoms. The van der Waals surface area contributed by atoms with Gasteiger partial charge in [-0.05, 0) is 97.0 Å². The molecule has 0 amide bonds. The van der Waals surface area contributed by atoms with Crippen LogP contribution in [0, 0.1) is 42.1 Å². The van der Waals surface area contributed by atoms with Crippen molar-refractivity contribution in [2.75, 3.05) is 0 Å². The number of carbonyl (C=O) groups is 1. The van der Waals surface area contributed by atoms with E-state index in [2.05, 4.69) is 24.8 Å². The lowest BCUT2D eigenvalue weighted by Crippen LogP contribution is -2.48. The number of aryl methyl sites for hydroxylation is 1. The maximum Gasteiger partial charge on any atom is 0.282 e. The van der Waals surface area contributed by atoms with Crippen molar-refractivity contribution in [1.29, 1.82) is 0 Å². The maximum absolute atomic E-state index is 13.5. The zero-order valence-electron chi connectivity index (χ0n) is 19.9. The normalized spacial score (nSPS) is 36.4. The number of ketones is 1. The van der Waals surface area contributed by atoms with Crippen molar-refractivity contribution in [2.24, 2.45) is 28.6 Å². The van der Waals surface area contributed by atoms with E-state index in [0.29, 0.717) is 23.8 Å². The molecular weight excluding hydrogens is 466 g/mol. The summed E-state index contributed by atoms with van der Waals surface area (Å²) in [5, 5.41) is 0.594. The van der Waals surface area contributed by atoms with Crippen molar-refractivity contribution < 1.29 is 13.2 Å². The summed E-state index contributed by atoms with van der Waals surface area (Å²) in [5.41, 5.74) is 2.27. The average molecular weight is 496 g/mol. The van der Waals surface area contributed by atoms with Crippen LogP contribution in [-0.2, 0) is 14.6 Å². The minimum atomic E-state index is -3.88. The summed E-state index contributed by atoms with van der Waals surface area (Å²) in [6.45, 7) is 14.2. The largest absolute Gasteiger partial charge is 0.295 e. The maximum atomic E-state index is 13.5. The van der Waals surface area contributed by atoms with Crippen LogP contribution in [0.5, 0.6) is 0 Å². The molecule has 6 heteroatoms. The van der Waals surface area contributed by atoms with E-state index in [1.807, 2.05) is 6.92 Å². The number of allylic oxidation sites excluding steroid dienone is 5. The topological polar surface area (TPSA) is 55.6 Å². The Morgan fingerprint density at radius 3 is 2.41 bits per heavy atom. The standard InChI is InChI=1S/C28H30ClNO3S/c1-17-5-7-19(8-6-17)34(32,33)26(30-4)23-10-9-21-20-16-25(29)24-15-18(31)11-13-28(24,3)22(20)12-14-27(21,23)2/h5-8,15-16,20-22H,9-14H2,1-3H3/t20-,21-,22-,27-,28+/m0/s1. The molecule has 34 heavy (non-hydrogen) atoms. The first-order valence-corrected chi connectivity index (χ1v) is 13.9. The molecule has 178 valence electrons.